The average Bonchev–Trinajstić information content (AvgIpc) is 2.32. The first-order chi connectivity index (χ1) is 9.31. The van der Waals surface area contributed by atoms with Crippen molar-refractivity contribution in [1.82, 2.24) is 10.2 Å². The van der Waals surface area contributed by atoms with Gasteiger partial charge in [-0.15, -0.1) is 0 Å². The maximum atomic E-state index is 3.60. The molecule has 1 atom stereocenters. The lowest BCUT2D eigenvalue weighted by molar-refractivity contribution is 0.218. The van der Waals surface area contributed by atoms with E-state index in [0.29, 0.717) is 11.5 Å². The van der Waals surface area contributed by atoms with Crippen molar-refractivity contribution in [1.29, 1.82) is 0 Å². The van der Waals surface area contributed by atoms with E-state index in [1.807, 2.05) is 0 Å². The van der Waals surface area contributed by atoms with Crippen LogP contribution in [-0.2, 0) is 0 Å². The third kappa shape index (κ3) is 6.87. The number of halogens is 1. The van der Waals surface area contributed by atoms with Gasteiger partial charge in [-0.05, 0) is 49.7 Å². The number of hydrogen-bond donors (Lipinski definition) is 1. The van der Waals surface area contributed by atoms with Crippen molar-refractivity contribution in [2.45, 2.75) is 40.2 Å². The first-order valence-electron chi connectivity index (χ1n) is 7.49. The molecule has 0 saturated heterocycles. The summed E-state index contributed by atoms with van der Waals surface area (Å²) in [6.45, 7) is 12.3. The molecule has 0 heterocycles. The minimum Gasteiger partial charge on any atom is -0.310 e. The van der Waals surface area contributed by atoms with Gasteiger partial charge in [0.05, 0.1) is 0 Å². The Hall–Kier alpha value is -0.380. The third-order valence-corrected chi connectivity index (χ3v) is 3.74. The molecule has 0 spiro atoms. The highest BCUT2D eigenvalue weighted by Gasteiger charge is 2.16. The Morgan fingerprint density at radius 3 is 2.55 bits per heavy atom. The first-order valence-corrected chi connectivity index (χ1v) is 8.28. The van der Waals surface area contributed by atoms with Gasteiger partial charge in [-0.3, -0.25) is 0 Å². The van der Waals surface area contributed by atoms with Gasteiger partial charge in [-0.2, -0.15) is 0 Å². The molecule has 0 fully saturated rings. The zero-order valence-corrected chi connectivity index (χ0v) is 15.1. The zero-order valence-electron chi connectivity index (χ0n) is 13.5. The van der Waals surface area contributed by atoms with Gasteiger partial charge in [-0.1, -0.05) is 55.8 Å². The van der Waals surface area contributed by atoms with Gasteiger partial charge in [-0.25, -0.2) is 0 Å². The number of rotatable bonds is 7. The van der Waals surface area contributed by atoms with Crippen LogP contribution in [0.2, 0.25) is 0 Å². The molecule has 0 aliphatic heterocycles. The molecule has 1 rings (SSSR count). The number of nitrogens with one attached hydrogen (secondary N) is 1. The molecule has 0 radical (unpaired) electrons. The Kier molecular flexibility index (Phi) is 7.21. The highest BCUT2D eigenvalue weighted by molar-refractivity contribution is 9.10. The molecule has 2 nitrogen and oxygen atoms in total. The van der Waals surface area contributed by atoms with Crippen LogP contribution in [0.15, 0.2) is 28.7 Å². The number of hydrogen-bond acceptors (Lipinski definition) is 2. The summed E-state index contributed by atoms with van der Waals surface area (Å²) in [4.78, 5) is 2.43. The second-order valence-corrected chi connectivity index (χ2v) is 7.67. The van der Waals surface area contributed by atoms with Crippen LogP contribution in [0.5, 0.6) is 0 Å². The number of nitrogens with zero attached hydrogens (tertiary/aromatic N) is 1. The molecule has 1 aromatic rings. The van der Waals surface area contributed by atoms with Gasteiger partial charge in [0.1, 0.15) is 0 Å². The van der Waals surface area contributed by atoms with Gasteiger partial charge in [0, 0.05) is 17.1 Å². The van der Waals surface area contributed by atoms with E-state index >= 15 is 0 Å². The van der Waals surface area contributed by atoms with Crippen molar-refractivity contribution in [3.05, 3.63) is 34.3 Å². The van der Waals surface area contributed by atoms with Gasteiger partial charge < -0.3 is 10.2 Å². The minimum atomic E-state index is 0.359. The Balaban J connectivity index is 2.60. The highest BCUT2D eigenvalue weighted by atomic mass is 79.9. The van der Waals surface area contributed by atoms with E-state index < -0.39 is 0 Å². The zero-order chi connectivity index (χ0) is 15.2. The Morgan fingerprint density at radius 2 is 2.00 bits per heavy atom. The molecule has 1 N–H and O–H groups in total. The summed E-state index contributed by atoms with van der Waals surface area (Å²) in [5, 5.41) is 3.60. The third-order valence-electron chi connectivity index (χ3n) is 3.25. The van der Waals surface area contributed by atoms with Gasteiger partial charge >= 0.3 is 0 Å². The fraction of sp³-hybridized carbons (Fsp3) is 0.647. The fourth-order valence-corrected chi connectivity index (χ4v) is 3.01. The van der Waals surface area contributed by atoms with Crippen molar-refractivity contribution < 1.29 is 0 Å². The molecule has 3 heteroatoms. The fourth-order valence-electron chi connectivity index (χ4n) is 2.59. The van der Waals surface area contributed by atoms with E-state index in [1.165, 1.54) is 5.56 Å². The van der Waals surface area contributed by atoms with Gasteiger partial charge in [0.2, 0.25) is 0 Å². The monoisotopic (exact) mass is 340 g/mol. The predicted molar refractivity (Wildman–Crippen MR) is 92.1 cm³/mol. The molecular weight excluding hydrogens is 312 g/mol. The van der Waals surface area contributed by atoms with Gasteiger partial charge in [0.25, 0.3) is 0 Å². The van der Waals surface area contributed by atoms with E-state index in [1.54, 1.807) is 0 Å². The van der Waals surface area contributed by atoms with Crippen LogP contribution in [0.4, 0.5) is 0 Å². The summed E-state index contributed by atoms with van der Waals surface area (Å²) in [5.74, 6) is 0. The van der Waals surface area contributed by atoms with E-state index in [4.69, 9.17) is 0 Å². The standard InChI is InChI=1S/C17H29BrN2/c1-6-19-16(14-8-7-9-15(18)12-14)10-11-20(5)13-17(2,3)4/h7-9,12,16,19H,6,10-11,13H2,1-5H3. The maximum absolute atomic E-state index is 3.60. The lowest BCUT2D eigenvalue weighted by atomic mass is 9.96. The number of benzene rings is 1. The Bertz CT molecular complexity index is 398. The summed E-state index contributed by atoms with van der Waals surface area (Å²) in [6.07, 6.45) is 1.14. The van der Waals surface area contributed by atoms with E-state index in [9.17, 15) is 0 Å². The summed E-state index contributed by atoms with van der Waals surface area (Å²) in [6, 6.07) is 9.06. The summed E-state index contributed by atoms with van der Waals surface area (Å²) in [5.41, 5.74) is 1.73. The van der Waals surface area contributed by atoms with Crippen LogP contribution >= 0.6 is 15.9 Å². The van der Waals surface area contributed by atoms with E-state index in [-0.39, 0.29) is 0 Å². The average molecular weight is 341 g/mol. The first kappa shape index (κ1) is 17.7. The van der Waals surface area contributed by atoms with Crippen molar-refractivity contribution >= 4 is 15.9 Å². The molecule has 1 unspecified atom stereocenters. The normalized spacial score (nSPS) is 13.8. The molecule has 0 amide bonds. The van der Waals surface area contributed by atoms with Crippen LogP contribution in [0, 0.1) is 5.41 Å². The Morgan fingerprint density at radius 1 is 1.30 bits per heavy atom. The molecule has 20 heavy (non-hydrogen) atoms. The van der Waals surface area contributed by atoms with E-state index in [2.05, 4.69) is 85.2 Å². The van der Waals surface area contributed by atoms with Crippen molar-refractivity contribution in [3.63, 3.8) is 0 Å². The lowest BCUT2D eigenvalue weighted by Crippen LogP contribution is -2.32. The molecule has 1 aromatic carbocycles. The predicted octanol–water partition coefficient (Wildman–Crippen LogP) is 4.47. The SMILES string of the molecule is CCNC(CCN(C)CC(C)(C)C)c1cccc(Br)c1. The molecule has 0 aliphatic carbocycles. The molecule has 114 valence electrons. The topological polar surface area (TPSA) is 15.3 Å². The van der Waals surface area contributed by atoms with Crippen LogP contribution in [0.25, 0.3) is 0 Å². The Labute approximate surface area is 133 Å². The molecule has 0 aliphatic rings. The van der Waals surface area contributed by atoms with Gasteiger partial charge in [0.15, 0.2) is 0 Å². The summed E-state index contributed by atoms with van der Waals surface area (Å²) < 4.78 is 1.15. The summed E-state index contributed by atoms with van der Waals surface area (Å²) >= 11 is 3.56. The van der Waals surface area contributed by atoms with Crippen LogP contribution in [0.1, 0.15) is 45.7 Å². The smallest absolute Gasteiger partial charge is 0.0332 e. The molecular formula is C17H29BrN2. The minimum absolute atomic E-state index is 0.359. The van der Waals surface area contributed by atoms with Crippen LogP contribution in [-0.4, -0.2) is 31.6 Å². The lowest BCUT2D eigenvalue weighted by Gasteiger charge is -2.28. The molecule has 0 aromatic heterocycles. The quantitative estimate of drug-likeness (QED) is 0.787. The summed E-state index contributed by atoms with van der Waals surface area (Å²) in [7, 11) is 2.22. The van der Waals surface area contributed by atoms with Crippen molar-refractivity contribution in [2.75, 3.05) is 26.7 Å². The molecule has 0 bridgehead atoms. The highest BCUT2D eigenvalue weighted by Crippen LogP contribution is 2.22. The second kappa shape index (κ2) is 8.16. The second-order valence-electron chi connectivity index (χ2n) is 6.75. The van der Waals surface area contributed by atoms with Crippen molar-refractivity contribution in [2.24, 2.45) is 5.41 Å². The van der Waals surface area contributed by atoms with Crippen molar-refractivity contribution in [3.8, 4) is 0 Å². The van der Waals surface area contributed by atoms with Crippen LogP contribution in [0.3, 0.4) is 0 Å². The van der Waals surface area contributed by atoms with E-state index in [0.717, 1.165) is 30.5 Å². The largest absolute Gasteiger partial charge is 0.310 e. The van der Waals surface area contributed by atoms with Crippen LogP contribution < -0.4 is 5.32 Å². The maximum Gasteiger partial charge on any atom is 0.0332 e. The molecule has 0 saturated carbocycles.